The Morgan fingerprint density at radius 1 is 1.00 bits per heavy atom. The average molecular weight is 537 g/mol. The van der Waals surface area contributed by atoms with Gasteiger partial charge in [0.05, 0.1) is 14.2 Å². The first kappa shape index (κ1) is 29.2. The fourth-order valence-electron chi connectivity index (χ4n) is 4.11. The van der Waals surface area contributed by atoms with Crippen molar-refractivity contribution in [1.29, 1.82) is 0 Å². The second-order valence-corrected chi connectivity index (χ2v) is 10.1. The summed E-state index contributed by atoms with van der Waals surface area (Å²) in [5.74, 6) is 0.429. The Morgan fingerprint density at radius 2 is 1.72 bits per heavy atom. The van der Waals surface area contributed by atoms with Gasteiger partial charge >= 0.3 is 0 Å². The normalized spacial score (nSPS) is 11.8. The predicted octanol–water partition coefficient (Wildman–Crippen LogP) is 4.40. The third-order valence-electron chi connectivity index (χ3n) is 5.76. The standard InChI is InChI=1S/C29H36N4O6/c1-19-17-23(32-39-19)30-24(34)15-16-25(35)33(18-20-11-8-7-9-12-20)26(28(36)31-29(2,3)4)21-13-10-14-22(37-5)27(21)38-6/h7-14,17,26H,15-16,18H2,1-6H3,(H,31,36)(H,30,32,34)/t26-/m1/s1. The van der Waals surface area contributed by atoms with Crippen LogP contribution in [0.3, 0.4) is 0 Å². The largest absolute Gasteiger partial charge is 0.493 e. The summed E-state index contributed by atoms with van der Waals surface area (Å²) in [4.78, 5) is 41.7. The lowest BCUT2D eigenvalue weighted by Crippen LogP contribution is -2.49. The summed E-state index contributed by atoms with van der Waals surface area (Å²) < 4.78 is 16.1. The van der Waals surface area contributed by atoms with Crippen molar-refractivity contribution in [2.24, 2.45) is 0 Å². The molecule has 3 amide bonds. The van der Waals surface area contributed by atoms with E-state index in [0.717, 1.165) is 5.56 Å². The molecule has 0 aliphatic rings. The molecular weight excluding hydrogens is 500 g/mol. The molecule has 3 aromatic rings. The Kier molecular flexibility index (Phi) is 9.70. The van der Waals surface area contributed by atoms with E-state index < -0.39 is 17.5 Å². The van der Waals surface area contributed by atoms with Gasteiger partial charge in [0.25, 0.3) is 0 Å². The monoisotopic (exact) mass is 536 g/mol. The number of carbonyl (C=O) groups excluding carboxylic acids is 3. The maximum atomic E-state index is 13.8. The number of methoxy groups -OCH3 is 2. The maximum Gasteiger partial charge on any atom is 0.248 e. The second-order valence-electron chi connectivity index (χ2n) is 10.1. The first-order valence-corrected chi connectivity index (χ1v) is 12.6. The van der Waals surface area contributed by atoms with Crippen LogP contribution in [-0.2, 0) is 20.9 Å². The molecule has 1 atom stereocenters. The Bertz CT molecular complexity index is 1280. The second kappa shape index (κ2) is 12.9. The molecule has 208 valence electrons. The molecular formula is C29H36N4O6. The zero-order valence-corrected chi connectivity index (χ0v) is 23.2. The molecule has 1 aromatic heterocycles. The molecule has 0 saturated carbocycles. The molecule has 0 bridgehead atoms. The molecule has 1 heterocycles. The number of hydrogen-bond acceptors (Lipinski definition) is 7. The number of para-hydroxylation sites is 1. The van der Waals surface area contributed by atoms with Crippen LogP contribution in [0.15, 0.2) is 59.1 Å². The predicted molar refractivity (Wildman–Crippen MR) is 146 cm³/mol. The van der Waals surface area contributed by atoms with Gasteiger partial charge in [-0.1, -0.05) is 47.6 Å². The molecule has 10 nitrogen and oxygen atoms in total. The lowest BCUT2D eigenvalue weighted by atomic mass is 9.98. The summed E-state index contributed by atoms with van der Waals surface area (Å²) in [7, 11) is 2.99. The average Bonchev–Trinajstić information content (AvgIpc) is 3.30. The minimum Gasteiger partial charge on any atom is -0.493 e. The minimum atomic E-state index is -1.07. The Balaban J connectivity index is 1.99. The van der Waals surface area contributed by atoms with E-state index in [1.165, 1.54) is 19.1 Å². The molecule has 0 spiro atoms. The first-order valence-electron chi connectivity index (χ1n) is 12.6. The third kappa shape index (κ3) is 8.07. The first-order chi connectivity index (χ1) is 18.5. The number of aryl methyl sites for hydroxylation is 1. The highest BCUT2D eigenvalue weighted by atomic mass is 16.5. The van der Waals surface area contributed by atoms with Crippen molar-refractivity contribution in [2.45, 2.75) is 58.7 Å². The molecule has 0 fully saturated rings. The van der Waals surface area contributed by atoms with E-state index in [9.17, 15) is 14.4 Å². The number of benzene rings is 2. The van der Waals surface area contributed by atoms with Crippen molar-refractivity contribution in [2.75, 3.05) is 19.5 Å². The van der Waals surface area contributed by atoms with E-state index in [1.807, 2.05) is 51.1 Å². The van der Waals surface area contributed by atoms with Gasteiger partial charge in [-0.15, -0.1) is 0 Å². The van der Waals surface area contributed by atoms with Crippen molar-refractivity contribution in [3.63, 3.8) is 0 Å². The summed E-state index contributed by atoms with van der Waals surface area (Å²) >= 11 is 0. The lowest BCUT2D eigenvalue weighted by molar-refractivity contribution is -0.142. The van der Waals surface area contributed by atoms with Crippen LogP contribution in [0.4, 0.5) is 5.82 Å². The van der Waals surface area contributed by atoms with Crippen LogP contribution in [0.25, 0.3) is 0 Å². The van der Waals surface area contributed by atoms with Crippen molar-refractivity contribution >= 4 is 23.5 Å². The summed E-state index contributed by atoms with van der Waals surface area (Å²) in [6.07, 6.45) is -0.250. The quantitative estimate of drug-likeness (QED) is 0.372. The topological polar surface area (TPSA) is 123 Å². The number of ether oxygens (including phenoxy) is 2. The molecule has 2 N–H and O–H groups in total. The van der Waals surface area contributed by atoms with Crippen LogP contribution in [-0.4, -0.2) is 47.5 Å². The van der Waals surface area contributed by atoms with Gasteiger partial charge in [0, 0.05) is 36.6 Å². The summed E-state index contributed by atoms with van der Waals surface area (Å²) in [6.45, 7) is 7.44. The number of carbonyl (C=O) groups is 3. The number of nitrogens with zero attached hydrogens (tertiary/aromatic N) is 2. The zero-order chi connectivity index (χ0) is 28.6. The van der Waals surface area contributed by atoms with Crippen molar-refractivity contribution in [3.05, 3.63) is 71.5 Å². The smallest absolute Gasteiger partial charge is 0.248 e. The molecule has 3 rings (SSSR count). The fourth-order valence-corrected chi connectivity index (χ4v) is 4.11. The van der Waals surface area contributed by atoms with E-state index in [-0.39, 0.29) is 37.0 Å². The highest BCUT2D eigenvalue weighted by Gasteiger charge is 2.36. The van der Waals surface area contributed by atoms with Crippen LogP contribution in [0.1, 0.15) is 56.5 Å². The molecule has 0 saturated heterocycles. The summed E-state index contributed by atoms with van der Waals surface area (Å²) in [5.41, 5.74) is 0.715. The summed E-state index contributed by atoms with van der Waals surface area (Å²) in [6, 6.07) is 15.1. The number of amides is 3. The molecule has 10 heteroatoms. The molecule has 0 radical (unpaired) electrons. The van der Waals surface area contributed by atoms with Crippen molar-refractivity contribution in [1.82, 2.24) is 15.4 Å². The van der Waals surface area contributed by atoms with Gasteiger partial charge in [-0.05, 0) is 39.3 Å². The Morgan fingerprint density at radius 3 is 2.31 bits per heavy atom. The maximum absolute atomic E-state index is 13.8. The number of hydrogen-bond donors (Lipinski definition) is 2. The highest BCUT2D eigenvalue weighted by molar-refractivity contribution is 5.94. The third-order valence-corrected chi connectivity index (χ3v) is 5.76. The Labute approximate surface area is 228 Å². The number of nitrogens with one attached hydrogen (secondary N) is 2. The molecule has 0 unspecified atom stereocenters. The van der Waals surface area contributed by atoms with Crippen LogP contribution in [0.2, 0.25) is 0 Å². The number of rotatable bonds is 11. The van der Waals surface area contributed by atoms with E-state index in [0.29, 0.717) is 22.8 Å². The van der Waals surface area contributed by atoms with Crippen molar-refractivity contribution < 1.29 is 28.4 Å². The van der Waals surface area contributed by atoms with Gasteiger partial charge in [0.2, 0.25) is 17.7 Å². The molecule has 39 heavy (non-hydrogen) atoms. The summed E-state index contributed by atoms with van der Waals surface area (Å²) in [5, 5.41) is 9.38. The molecule has 0 aliphatic heterocycles. The Hall–Kier alpha value is -4.34. The highest BCUT2D eigenvalue weighted by Crippen LogP contribution is 2.38. The zero-order valence-electron chi connectivity index (χ0n) is 23.2. The molecule has 2 aromatic carbocycles. The van der Waals surface area contributed by atoms with Gasteiger partial charge in [0.15, 0.2) is 17.3 Å². The number of aromatic nitrogens is 1. The van der Waals surface area contributed by atoms with Gasteiger partial charge in [-0.25, -0.2) is 0 Å². The van der Waals surface area contributed by atoms with E-state index in [2.05, 4.69) is 15.8 Å². The van der Waals surface area contributed by atoms with Gasteiger partial charge in [-0.2, -0.15) is 0 Å². The van der Waals surface area contributed by atoms with Crippen LogP contribution in [0.5, 0.6) is 11.5 Å². The van der Waals surface area contributed by atoms with E-state index in [1.54, 1.807) is 31.2 Å². The van der Waals surface area contributed by atoms with Crippen LogP contribution >= 0.6 is 0 Å². The lowest BCUT2D eigenvalue weighted by Gasteiger charge is -2.34. The van der Waals surface area contributed by atoms with Gasteiger partial charge in [-0.3, -0.25) is 14.4 Å². The van der Waals surface area contributed by atoms with Crippen molar-refractivity contribution in [3.8, 4) is 11.5 Å². The number of anilines is 1. The van der Waals surface area contributed by atoms with E-state index >= 15 is 0 Å². The van der Waals surface area contributed by atoms with E-state index in [4.69, 9.17) is 14.0 Å². The SMILES string of the molecule is COc1cccc([C@H](C(=O)NC(C)(C)C)N(Cc2ccccc2)C(=O)CCC(=O)Nc2cc(C)on2)c1OC. The van der Waals surface area contributed by atoms with Crippen LogP contribution in [0, 0.1) is 6.92 Å². The van der Waals surface area contributed by atoms with Crippen LogP contribution < -0.4 is 20.1 Å². The van der Waals surface area contributed by atoms with Gasteiger partial charge < -0.3 is 29.5 Å². The minimum absolute atomic E-state index is 0.112. The fraction of sp³-hybridized carbons (Fsp3) is 0.379. The molecule has 0 aliphatic carbocycles. The van der Waals surface area contributed by atoms with Gasteiger partial charge in [0.1, 0.15) is 11.8 Å².